The molecule has 4 aromatic rings. The molecule has 162 valence electrons. The van der Waals surface area contributed by atoms with Gasteiger partial charge in [-0.1, -0.05) is 30.3 Å². The normalized spacial score (nSPS) is 13.2. The second kappa shape index (κ2) is 8.67. The predicted octanol–water partition coefficient (Wildman–Crippen LogP) is 5.44. The van der Waals surface area contributed by atoms with Crippen LogP contribution >= 0.6 is 0 Å². The number of fused-ring (bicyclic) bond motifs is 2. The Morgan fingerprint density at radius 3 is 2.66 bits per heavy atom. The Hall–Kier alpha value is -3.93. The predicted molar refractivity (Wildman–Crippen MR) is 123 cm³/mol. The summed E-state index contributed by atoms with van der Waals surface area (Å²) >= 11 is 0. The zero-order valence-electron chi connectivity index (χ0n) is 17.8. The molecule has 5 rings (SSSR count). The van der Waals surface area contributed by atoms with Crippen LogP contribution in [0.3, 0.4) is 0 Å². The number of rotatable bonds is 7. The van der Waals surface area contributed by atoms with Gasteiger partial charge in [-0.2, -0.15) is 0 Å². The van der Waals surface area contributed by atoms with Crippen molar-refractivity contribution in [2.24, 2.45) is 0 Å². The van der Waals surface area contributed by atoms with E-state index < -0.39 is 0 Å². The topological polar surface area (TPSA) is 72.6 Å². The molecule has 1 aliphatic heterocycles. The fraction of sp³-hybridized carbons (Fsp3) is 0.192. The lowest BCUT2D eigenvalue weighted by Crippen LogP contribution is -2.33. The summed E-state index contributed by atoms with van der Waals surface area (Å²) in [5, 5.41) is 3.99. The van der Waals surface area contributed by atoms with E-state index in [-0.39, 0.29) is 18.7 Å². The summed E-state index contributed by atoms with van der Waals surface area (Å²) in [6.45, 7) is 2.25. The van der Waals surface area contributed by atoms with Gasteiger partial charge in [0, 0.05) is 23.0 Å². The molecule has 0 bridgehead atoms. The van der Waals surface area contributed by atoms with Crippen molar-refractivity contribution < 1.29 is 19.0 Å². The van der Waals surface area contributed by atoms with Crippen molar-refractivity contribution in [1.82, 2.24) is 10.3 Å². The fourth-order valence-corrected chi connectivity index (χ4v) is 3.77. The summed E-state index contributed by atoms with van der Waals surface area (Å²) in [6, 6.07) is 23.4. The van der Waals surface area contributed by atoms with E-state index in [1.807, 2.05) is 61.5 Å². The van der Waals surface area contributed by atoms with Crippen molar-refractivity contribution in [1.29, 1.82) is 0 Å². The Kier molecular flexibility index (Phi) is 5.42. The van der Waals surface area contributed by atoms with Gasteiger partial charge in [0.15, 0.2) is 11.5 Å². The van der Waals surface area contributed by atoms with Crippen LogP contribution in [0.25, 0.3) is 10.9 Å². The van der Waals surface area contributed by atoms with E-state index in [1.54, 1.807) is 6.07 Å². The van der Waals surface area contributed by atoms with Crippen LogP contribution in [0.1, 0.15) is 29.4 Å². The van der Waals surface area contributed by atoms with Gasteiger partial charge in [0.25, 0.3) is 5.91 Å². The van der Waals surface area contributed by atoms with Gasteiger partial charge >= 0.3 is 0 Å². The number of nitrogens with one attached hydrogen (secondary N) is 2. The number of hydrogen-bond acceptors (Lipinski definition) is 4. The van der Waals surface area contributed by atoms with Crippen molar-refractivity contribution in [2.75, 3.05) is 6.79 Å². The highest BCUT2D eigenvalue weighted by Crippen LogP contribution is 2.37. The number of benzene rings is 3. The van der Waals surface area contributed by atoms with Crippen LogP contribution in [0.4, 0.5) is 0 Å². The number of amides is 1. The molecule has 6 heteroatoms. The second-order valence-electron chi connectivity index (χ2n) is 7.95. The number of carbonyl (C=O) groups excluding carboxylic acids is 1. The lowest BCUT2D eigenvalue weighted by molar-refractivity contribution is 0.0934. The maximum absolute atomic E-state index is 12.7. The molecule has 0 fully saturated rings. The zero-order chi connectivity index (χ0) is 21.9. The number of ether oxygens (including phenoxy) is 3. The van der Waals surface area contributed by atoms with Crippen LogP contribution in [-0.2, 0) is 6.42 Å². The first-order valence-electron chi connectivity index (χ1n) is 10.7. The average Bonchev–Trinajstić information content (AvgIpc) is 3.44. The fourth-order valence-electron chi connectivity index (χ4n) is 3.77. The molecule has 1 unspecified atom stereocenters. The van der Waals surface area contributed by atoms with E-state index in [0.717, 1.165) is 23.7 Å². The second-order valence-corrected chi connectivity index (χ2v) is 7.95. The molecule has 1 aromatic heterocycles. The lowest BCUT2D eigenvalue weighted by atomic mass is 10.1. The van der Waals surface area contributed by atoms with Crippen molar-refractivity contribution in [2.45, 2.75) is 25.8 Å². The molecule has 3 aromatic carbocycles. The molecule has 1 aliphatic rings. The number of aromatic nitrogens is 1. The van der Waals surface area contributed by atoms with Crippen LogP contribution in [-0.4, -0.2) is 23.7 Å². The van der Waals surface area contributed by atoms with Crippen molar-refractivity contribution in [3.05, 3.63) is 84.1 Å². The first-order chi connectivity index (χ1) is 15.6. The van der Waals surface area contributed by atoms with E-state index in [1.165, 1.54) is 5.56 Å². The van der Waals surface area contributed by atoms with Crippen molar-refractivity contribution >= 4 is 16.8 Å². The average molecular weight is 428 g/mol. The largest absolute Gasteiger partial charge is 0.457 e. The molecule has 32 heavy (non-hydrogen) atoms. The highest BCUT2D eigenvalue weighted by Gasteiger charge is 2.15. The van der Waals surface area contributed by atoms with Crippen LogP contribution < -0.4 is 19.5 Å². The summed E-state index contributed by atoms with van der Waals surface area (Å²) in [4.78, 5) is 15.9. The first-order valence-corrected chi connectivity index (χ1v) is 10.7. The van der Waals surface area contributed by atoms with Crippen molar-refractivity contribution in [3.8, 4) is 23.0 Å². The van der Waals surface area contributed by atoms with Crippen LogP contribution in [0.2, 0.25) is 0 Å². The summed E-state index contributed by atoms with van der Waals surface area (Å²) < 4.78 is 16.7. The Morgan fingerprint density at radius 1 is 1.00 bits per heavy atom. The van der Waals surface area contributed by atoms with E-state index in [2.05, 4.69) is 22.4 Å². The quantitative estimate of drug-likeness (QED) is 0.411. The van der Waals surface area contributed by atoms with Gasteiger partial charge in [-0.15, -0.1) is 0 Å². The molecule has 0 saturated heterocycles. The zero-order valence-corrected chi connectivity index (χ0v) is 17.8. The minimum atomic E-state index is -0.111. The van der Waals surface area contributed by atoms with Crippen LogP contribution in [0, 0.1) is 0 Å². The first kappa shape index (κ1) is 20.0. The van der Waals surface area contributed by atoms with Crippen LogP contribution in [0.15, 0.2) is 72.8 Å². The maximum Gasteiger partial charge on any atom is 0.267 e. The molecule has 0 saturated carbocycles. The molecule has 1 amide bonds. The molecular weight excluding hydrogens is 404 g/mol. The highest BCUT2D eigenvalue weighted by molar-refractivity contribution is 5.98. The third-order valence-electron chi connectivity index (χ3n) is 5.50. The van der Waals surface area contributed by atoms with Gasteiger partial charge in [-0.3, -0.25) is 4.79 Å². The number of carbonyl (C=O) groups is 1. The number of hydrogen-bond donors (Lipinski definition) is 2. The molecule has 0 spiro atoms. The highest BCUT2D eigenvalue weighted by atomic mass is 16.7. The minimum Gasteiger partial charge on any atom is -0.457 e. The van der Waals surface area contributed by atoms with Gasteiger partial charge in [0.2, 0.25) is 6.79 Å². The van der Waals surface area contributed by atoms with Crippen molar-refractivity contribution in [3.63, 3.8) is 0 Å². The van der Waals surface area contributed by atoms with Gasteiger partial charge in [-0.05, 0) is 61.7 Å². The molecule has 2 heterocycles. The molecule has 1 atom stereocenters. The summed E-state index contributed by atoms with van der Waals surface area (Å²) in [5.41, 5.74) is 2.69. The maximum atomic E-state index is 12.7. The number of aromatic amines is 1. The summed E-state index contributed by atoms with van der Waals surface area (Å²) in [6.07, 6.45) is 1.80. The minimum absolute atomic E-state index is 0.0685. The van der Waals surface area contributed by atoms with E-state index in [4.69, 9.17) is 14.2 Å². The molecular formula is C26H24N2O4. The van der Waals surface area contributed by atoms with Gasteiger partial charge in [0.1, 0.15) is 17.2 Å². The van der Waals surface area contributed by atoms with Gasteiger partial charge < -0.3 is 24.5 Å². The Bertz CT molecular complexity index is 1250. The molecule has 0 radical (unpaired) electrons. The van der Waals surface area contributed by atoms with Gasteiger partial charge in [0.05, 0.1) is 0 Å². The Morgan fingerprint density at radius 2 is 1.78 bits per heavy atom. The van der Waals surface area contributed by atoms with E-state index >= 15 is 0 Å². The number of aryl methyl sites for hydroxylation is 1. The summed E-state index contributed by atoms with van der Waals surface area (Å²) in [7, 11) is 0. The van der Waals surface area contributed by atoms with E-state index in [9.17, 15) is 4.79 Å². The Balaban J connectivity index is 1.23. The third kappa shape index (κ3) is 4.39. The molecule has 6 nitrogen and oxygen atoms in total. The standard InChI is InChI=1S/C26H24N2O4/c1-17(7-8-18-5-3-2-4-6-18)27-26(29)23-14-19-13-20(9-11-22(19)28-23)32-21-10-12-24-25(15-21)31-16-30-24/h2-6,9-15,17,28H,7-8,16H2,1H3,(H,27,29). The number of H-pyrrole nitrogens is 1. The molecule has 2 N–H and O–H groups in total. The van der Waals surface area contributed by atoms with Gasteiger partial charge in [-0.25, -0.2) is 0 Å². The SMILES string of the molecule is CC(CCc1ccccc1)NC(=O)c1cc2cc(Oc3ccc4c(c3)OCO4)ccc2[nH]1. The Labute approximate surface area is 186 Å². The smallest absolute Gasteiger partial charge is 0.267 e. The van der Waals surface area contributed by atoms with E-state index in [0.29, 0.717) is 28.7 Å². The third-order valence-corrected chi connectivity index (χ3v) is 5.50. The molecule has 0 aliphatic carbocycles. The van der Waals surface area contributed by atoms with Crippen LogP contribution in [0.5, 0.6) is 23.0 Å². The summed E-state index contributed by atoms with van der Waals surface area (Å²) in [5.74, 6) is 2.62. The lowest BCUT2D eigenvalue weighted by Gasteiger charge is -2.13. The monoisotopic (exact) mass is 428 g/mol.